The molecular formula is C14H15ClN2O3S. The molecule has 0 unspecified atom stereocenters. The van der Waals surface area contributed by atoms with Gasteiger partial charge in [0, 0.05) is 18.3 Å². The molecule has 0 spiro atoms. The first-order valence-corrected chi connectivity index (χ1v) is 8.03. The Morgan fingerprint density at radius 1 is 1.14 bits per heavy atom. The van der Waals surface area contributed by atoms with Crippen LogP contribution >= 0.6 is 11.6 Å². The van der Waals surface area contributed by atoms with Gasteiger partial charge in [0.05, 0.1) is 4.90 Å². The lowest BCUT2D eigenvalue weighted by molar-refractivity contribution is 0.600. The average molecular weight is 327 g/mol. The van der Waals surface area contributed by atoms with E-state index >= 15 is 0 Å². The summed E-state index contributed by atoms with van der Waals surface area (Å²) in [7, 11) is -2.28. The second kappa shape index (κ2) is 5.54. The Kier molecular flexibility index (Phi) is 4.11. The molecule has 0 amide bonds. The Labute approximate surface area is 128 Å². The first kappa shape index (κ1) is 15.6. The molecule has 7 heteroatoms. The lowest BCUT2D eigenvalue weighted by atomic mass is 10.2. The van der Waals surface area contributed by atoms with E-state index in [0.29, 0.717) is 16.1 Å². The molecule has 0 saturated heterocycles. The molecule has 0 atom stereocenters. The SMILES string of the molecule is Cc1cc(Cl)ccc1S(=O)(=O)Nc1c(C)ccn(C)c1=O. The molecule has 1 heterocycles. The summed E-state index contributed by atoms with van der Waals surface area (Å²) in [4.78, 5) is 12.1. The van der Waals surface area contributed by atoms with E-state index in [-0.39, 0.29) is 10.6 Å². The number of aromatic nitrogens is 1. The lowest BCUT2D eigenvalue weighted by Gasteiger charge is -2.12. The number of sulfonamides is 1. The van der Waals surface area contributed by atoms with Crippen molar-refractivity contribution in [1.29, 1.82) is 0 Å². The highest BCUT2D eigenvalue weighted by molar-refractivity contribution is 7.92. The van der Waals surface area contributed by atoms with Crippen molar-refractivity contribution in [2.24, 2.45) is 7.05 Å². The molecule has 112 valence electrons. The molecule has 21 heavy (non-hydrogen) atoms. The van der Waals surface area contributed by atoms with Crippen molar-refractivity contribution in [2.75, 3.05) is 4.72 Å². The Bertz CT molecular complexity index is 857. The number of benzene rings is 1. The number of nitrogens with one attached hydrogen (secondary N) is 1. The summed E-state index contributed by atoms with van der Waals surface area (Å²) in [5.41, 5.74) is 0.730. The molecule has 0 radical (unpaired) electrons. The van der Waals surface area contributed by atoms with E-state index < -0.39 is 15.6 Å². The highest BCUT2D eigenvalue weighted by Crippen LogP contribution is 2.22. The van der Waals surface area contributed by atoms with Crippen molar-refractivity contribution in [3.05, 3.63) is 57.0 Å². The second-order valence-corrected chi connectivity index (χ2v) is 6.89. The summed E-state index contributed by atoms with van der Waals surface area (Å²) >= 11 is 5.83. The number of hydrogen-bond donors (Lipinski definition) is 1. The zero-order valence-corrected chi connectivity index (χ0v) is 13.4. The fraction of sp³-hybridized carbons (Fsp3) is 0.214. The first-order chi connectivity index (χ1) is 9.72. The highest BCUT2D eigenvalue weighted by Gasteiger charge is 2.20. The van der Waals surface area contributed by atoms with Crippen molar-refractivity contribution in [3.63, 3.8) is 0 Å². The van der Waals surface area contributed by atoms with E-state index in [0.717, 1.165) is 0 Å². The van der Waals surface area contributed by atoms with Crippen molar-refractivity contribution in [1.82, 2.24) is 4.57 Å². The van der Waals surface area contributed by atoms with E-state index in [2.05, 4.69) is 4.72 Å². The quantitative estimate of drug-likeness (QED) is 0.942. The van der Waals surface area contributed by atoms with Crippen molar-refractivity contribution in [2.45, 2.75) is 18.7 Å². The molecule has 1 aromatic heterocycles. The minimum absolute atomic E-state index is 0.0503. The van der Waals surface area contributed by atoms with Gasteiger partial charge in [0.15, 0.2) is 0 Å². The zero-order chi connectivity index (χ0) is 15.8. The van der Waals surface area contributed by atoms with E-state index in [4.69, 9.17) is 11.6 Å². The summed E-state index contributed by atoms with van der Waals surface area (Å²) in [6, 6.07) is 6.15. The fourth-order valence-corrected chi connectivity index (χ4v) is 3.53. The third-order valence-corrected chi connectivity index (χ3v) is 4.88. The molecule has 2 rings (SSSR count). The van der Waals surface area contributed by atoms with Crippen molar-refractivity contribution < 1.29 is 8.42 Å². The molecule has 2 aromatic rings. The van der Waals surface area contributed by atoms with Gasteiger partial charge in [-0.15, -0.1) is 0 Å². The number of pyridine rings is 1. The molecule has 0 aliphatic rings. The van der Waals surface area contributed by atoms with Gasteiger partial charge in [0.2, 0.25) is 0 Å². The second-order valence-electron chi connectivity index (χ2n) is 4.81. The van der Waals surface area contributed by atoms with Crippen LogP contribution in [0.2, 0.25) is 5.02 Å². The summed E-state index contributed by atoms with van der Waals surface area (Å²) in [6.07, 6.45) is 1.59. The van der Waals surface area contributed by atoms with Crippen LogP contribution in [0.15, 0.2) is 40.2 Å². The van der Waals surface area contributed by atoms with Crippen molar-refractivity contribution in [3.8, 4) is 0 Å². The number of rotatable bonds is 3. The van der Waals surface area contributed by atoms with Gasteiger partial charge in [-0.25, -0.2) is 8.42 Å². The molecule has 0 saturated carbocycles. The maximum Gasteiger partial charge on any atom is 0.274 e. The third kappa shape index (κ3) is 3.11. The molecule has 5 nitrogen and oxygen atoms in total. The molecule has 1 aromatic carbocycles. The van der Waals surface area contributed by atoms with Crippen LogP contribution in [-0.2, 0) is 17.1 Å². The van der Waals surface area contributed by atoms with E-state index in [1.807, 2.05) is 0 Å². The normalized spacial score (nSPS) is 11.4. The van der Waals surface area contributed by atoms with Crippen LogP contribution in [0.5, 0.6) is 0 Å². The standard InChI is InChI=1S/C14H15ClN2O3S/c1-9-6-7-17(3)14(18)13(9)16-21(19,20)12-5-4-11(15)8-10(12)2/h4-8,16H,1-3H3. The average Bonchev–Trinajstić information content (AvgIpc) is 2.39. The van der Waals surface area contributed by atoms with Gasteiger partial charge in [-0.3, -0.25) is 9.52 Å². The maximum absolute atomic E-state index is 12.4. The molecule has 0 fully saturated rings. The van der Waals surface area contributed by atoms with Crippen LogP contribution in [-0.4, -0.2) is 13.0 Å². The van der Waals surface area contributed by atoms with Crippen LogP contribution in [0.25, 0.3) is 0 Å². The first-order valence-electron chi connectivity index (χ1n) is 6.17. The molecule has 1 N–H and O–H groups in total. The maximum atomic E-state index is 12.4. The number of nitrogens with zero attached hydrogens (tertiary/aromatic N) is 1. The molecular weight excluding hydrogens is 312 g/mol. The molecule has 0 aliphatic heterocycles. The van der Waals surface area contributed by atoms with Gasteiger partial charge in [-0.2, -0.15) is 0 Å². The molecule has 0 bridgehead atoms. The van der Waals surface area contributed by atoms with E-state index in [9.17, 15) is 13.2 Å². The largest absolute Gasteiger partial charge is 0.317 e. The number of hydrogen-bond acceptors (Lipinski definition) is 3. The topological polar surface area (TPSA) is 68.2 Å². The minimum atomic E-state index is -3.84. The Morgan fingerprint density at radius 3 is 2.43 bits per heavy atom. The Hall–Kier alpha value is -1.79. The summed E-state index contributed by atoms with van der Waals surface area (Å²) in [6.45, 7) is 3.32. The van der Waals surface area contributed by atoms with Crippen LogP contribution < -0.4 is 10.3 Å². The van der Waals surface area contributed by atoms with Gasteiger partial charge in [0.25, 0.3) is 15.6 Å². The van der Waals surface area contributed by atoms with E-state index in [1.165, 1.54) is 16.7 Å². The highest BCUT2D eigenvalue weighted by atomic mass is 35.5. The van der Waals surface area contributed by atoms with Gasteiger partial charge < -0.3 is 4.57 Å². The number of aryl methyl sites for hydroxylation is 3. The molecule has 0 aliphatic carbocycles. The predicted octanol–water partition coefficient (Wildman–Crippen LogP) is 2.46. The number of anilines is 1. The number of halogens is 1. The smallest absolute Gasteiger partial charge is 0.274 e. The van der Waals surface area contributed by atoms with Gasteiger partial charge in [-0.1, -0.05) is 11.6 Å². The predicted molar refractivity (Wildman–Crippen MR) is 83.4 cm³/mol. The minimum Gasteiger partial charge on any atom is -0.317 e. The summed E-state index contributed by atoms with van der Waals surface area (Å²) < 4.78 is 28.6. The van der Waals surface area contributed by atoms with Crippen LogP contribution in [0.1, 0.15) is 11.1 Å². The van der Waals surface area contributed by atoms with Crippen LogP contribution in [0.4, 0.5) is 5.69 Å². The van der Waals surface area contributed by atoms with Crippen LogP contribution in [0.3, 0.4) is 0 Å². The monoisotopic (exact) mass is 326 g/mol. The lowest BCUT2D eigenvalue weighted by Crippen LogP contribution is -2.25. The van der Waals surface area contributed by atoms with Crippen molar-refractivity contribution >= 4 is 27.3 Å². The summed E-state index contributed by atoms with van der Waals surface area (Å²) in [5, 5.41) is 0.457. The Morgan fingerprint density at radius 2 is 1.81 bits per heavy atom. The zero-order valence-electron chi connectivity index (χ0n) is 11.8. The fourth-order valence-electron chi connectivity index (χ4n) is 1.95. The summed E-state index contributed by atoms with van der Waals surface area (Å²) in [5.74, 6) is 0. The van der Waals surface area contributed by atoms with Gasteiger partial charge in [0.1, 0.15) is 5.69 Å². The van der Waals surface area contributed by atoms with Crippen LogP contribution in [0, 0.1) is 13.8 Å². The van der Waals surface area contributed by atoms with E-state index in [1.54, 1.807) is 39.2 Å². The van der Waals surface area contributed by atoms with Gasteiger partial charge >= 0.3 is 0 Å². The third-order valence-electron chi connectivity index (χ3n) is 3.14. The Balaban J connectivity index is 2.53. The van der Waals surface area contributed by atoms with Gasteiger partial charge in [-0.05, 0) is 49.2 Å².